The summed E-state index contributed by atoms with van der Waals surface area (Å²) in [7, 11) is 0. The molecule has 0 bridgehead atoms. The van der Waals surface area contributed by atoms with Crippen molar-refractivity contribution in [3.05, 3.63) is 34.6 Å². The van der Waals surface area contributed by atoms with Crippen molar-refractivity contribution in [2.24, 2.45) is 11.1 Å². The Morgan fingerprint density at radius 3 is 2.39 bits per heavy atom. The molecule has 0 amide bonds. The van der Waals surface area contributed by atoms with E-state index < -0.39 is 16.8 Å². The van der Waals surface area contributed by atoms with Gasteiger partial charge in [0.15, 0.2) is 0 Å². The maximum absolute atomic E-state index is 13.7. The second-order valence-corrected chi connectivity index (χ2v) is 6.07. The molecule has 0 radical (unpaired) electrons. The van der Waals surface area contributed by atoms with Crippen molar-refractivity contribution < 1.29 is 9.18 Å². The van der Waals surface area contributed by atoms with E-state index in [1.165, 1.54) is 6.07 Å². The summed E-state index contributed by atoms with van der Waals surface area (Å²) >= 11 is 5.69. The van der Waals surface area contributed by atoms with E-state index in [1.54, 1.807) is 39.8 Å². The molecule has 1 aromatic rings. The van der Waals surface area contributed by atoms with Crippen LogP contribution < -0.4 is 5.73 Å². The Balaban J connectivity index is 2.99. The SMILES string of the molecule is CC(C)(N)C(C)(C)C(=O)Cc1cccc(Cl)c1F. The van der Waals surface area contributed by atoms with E-state index in [-0.39, 0.29) is 17.2 Å². The Morgan fingerprint density at radius 1 is 1.33 bits per heavy atom. The molecule has 1 aromatic carbocycles. The van der Waals surface area contributed by atoms with E-state index in [0.29, 0.717) is 5.56 Å². The molecule has 0 fully saturated rings. The number of benzene rings is 1. The molecule has 0 saturated heterocycles. The van der Waals surface area contributed by atoms with Crippen LogP contribution in [-0.4, -0.2) is 11.3 Å². The lowest BCUT2D eigenvalue weighted by molar-refractivity contribution is -0.129. The fraction of sp³-hybridized carbons (Fsp3) is 0.500. The van der Waals surface area contributed by atoms with Crippen LogP contribution in [0, 0.1) is 11.2 Å². The van der Waals surface area contributed by atoms with E-state index in [2.05, 4.69) is 0 Å². The molecule has 100 valence electrons. The second kappa shape index (κ2) is 4.98. The summed E-state index contributed by atoms with van der Waals surface area (Å²) in [6, 6.07) is 4.66. The van der Waals surface area contributed by atoms with Crippen molar-refractivity contribution in [1.29, 1.82) is 0 Å². The number of hydrogen-bond donors (Lipinski definition) is 1. The van der Waals surface area contributed by atoms with Gasteiger partial charge in [-0.15, -0.1) is 0 Å². The van der Waals surface area contributed by atoms with Gasteiger partial charge in [0, 0.05) is 17.4 Å². The maximum Gasteiger partial charge on any atom is 0.145 e. The molecule has 0 aromatic heterocycles. The van der Waals surface area contributed by atoms with Crippen molar-refractivity contribution in [3.63, 3.8) is 0 Å². The molecule has 0 unspecified atom stereocenters. The van der Waals surface area contributed by atoms with Crippen LogP contribution in [0.25, 0.3) is 0 Å². The van der Waals surface area contributed by atoms with Gasteiger partial charge in [0.2, 0.25) is 0 Å². The van der Waals surface area contributed by atoms with Gasteiger partial charge >= 0.3 is 0 Å². The lowest BCUT2D eigenvalue weighted by atomic mass is 9.71. The van der Waals surface area contributed by atoms with Crippen LogP contribution in [-0.2, 0) is 11.2 Å². The molecular weight excluding hydrogens is 253 g/mol. The first-order chi connectivity index (χ1) is 8.07. The van der Waals surface area contributed by atoms with Crippen molar-refractivity contribution in [3.8, 4) is 0 Å². The van der Waals surface area contributed by atoms with Gasteiger partial charge in [-0.25, -0.2) is 4.39 Å². The summed E-state index contributed by atoms with van der Waals surface area (Å²) in [5.41, 5.74) is 4.90. The van der Waals surface area contributed by atoms with Gasteiger partial charge < -0.3 is 5.73 Å². The lowest BCUT2D eigenvalue weighted by Crippen LogP contribution is -2.52. The standard InChI is InChI=1S/C14H19ClFNO/c1-13(2,14(3,4)17)11(18)8-9-6-5-7-10(15)12(9)16/h5-7H,8,17H2,1-4H3. The largest absolute Gasteiger partial charge is 0.325 e. The van der Waals surface area contributed by atoms with Gasteiger partial charge in [0.25, 0.3) is 0 Å². The summed E-state index contributed by atoms with van der Waals surface area (Å²) < 4.78 is 13.7. The average Bonchev–Trinajstić information content (AvgIpc) is 2.23. The van der Waals surface area contributed by atoms with Crippen LogP contribution >= 0.6 is 11.6 Å². The number of carbonyl (C=O) groups is 1. The zero-order valence-electron chi connectivity index (χ0n) is 11.2. The molecule has 0 aliphatic heterocycles. The summed E-state index contributed by atoms with van der Waals surface area (Å²) in [5.74, 6) is -0.630. The molecule has 0 atom stereocenters. The summed E-state index contributed by atoms with van der Waals surface area (Å²) in [4.78, 5) is 12.3. The number of hydrogen-bond acceptors (Lipinski definition) is 2. The number of carbonyl (C=O) groups excluding carboxylic acids is 1. The minimum absolute atomic E-state index is 0.0000231. The normalized spacial score (nSPS) is 12.6. The molecule has 1 rings (SSSR count). The molecule has 4 heteroatoms. The third-order valence-corrected chi connectivity index (χ3v) is 3.98. The molecular formula is C14H19ClFNO. The van der Waals surface area contributed by atoms with Crippen LogP contribution in [0.1, 0.15) is 33.3 Å². The van der Waals surface area contributed by atoms with Gasteiger partial charge in [-0.3, -0.25) is 4.79 Å². The summed E-state index contributed by atoms with van der Waals surface area (Å²) in [5, 5.41) is 0.0325. The predicted molar refractivity (Wildman–Crippen MR) is 72.2 cm³/mol. The molecule has 0 aliphatic carbocycles. The first-order valence-electron chi connectivity index (χ1n) is 5.82. The van der Waals surface area contributed by atoms with Crippen molar-refractivity contribution in [1.82, 2.24) is 0 Å². The molecule has 18 heavy (non-hydrogen) atoms. The number of nitrogens with two attached hydrogens (primary N) is 1. The molecule has 0 heterocycles. The van der Waals surface area contributed by atoms with Crippen LogP contribution in [0.15, 0.2) is 18.2 Å². The highest BCUT2D eigenvalue weighted by atomic mass is 35.5. The fourth-order valence-corrected chi connectivity index (χ4v) is 1.63. The average molecular weight is 272 g/mol. The first kappa shape index (κ1) is 15.1. The van der Waals surface area contributed by atoms with Crippen LogP contribution in [0.4, 0.5) is 4.39 Å². The highest BCUT2D eigenvalue weighted by Gasteiger charge is 2.39. The van der Waals surface area contributed by atoms with Gasteiger partial charge in [0.05, 0.1) is 5.02 Å². The monoisotopic (exact) mass is 271 g/mol. The second-order valence-electron chi connectivity index (χ2n) is 5.66. The van der Waals surface area contributed by atoms with Crippen LogP contribution in [0.3, 0.4) is 0 Å². The number of ketones is 1. The van der Waals surface area contributed by atoms with Crippen molar-refractivity contribution in [2.75, 3.05) is 0 Å². The Hall–Kier alpha value is -0.930. The third-order valence-electron chi connectivity index (χ3n) is 3.69. The smallest absolute Gasteiger partial charge is 0.145 e. The predicted octanol–water partition coefficient (Wildman–Crippen LogP) is 3.35. The Kier molecular flexibility index (Phi) is 4.19. The van der Waals surface area contributed by atoms with Gasteiger partial charge in [-0.1, -0.05) is 37.6 Å². The highest BCUT2D eigenvalue weighted by Crippen LogP contribution is 2.31. The van der Waals surface area contributed by atoms with E-state index in [0.717, 1.165) is 0 Å². The van der Waals surface area contributed by atoms with E-state index >= 15 is 0 Å². The topological polar surface area (TPSA) is 43.1 Å². The van der Waals surface area contributed by atoms with Crippen LogP contribution in [0.2, 0.25) is 5.02 Å². The Bertz CT molecular complexity index is 463. The lowest BCUT2D eigenvalue weighted by Gasteiger charge is -2.37. The van der Waals surface area contributed by atoms with Gasteiger partial charge in [-0.2, -0.15) is 0 Å². The van der Waals surface area contributed by atoms with E-state index in [1.807, 2.05) is 0 Å². The number of rotatable bonds is 4. The molecule has 0 aliphatic rings. The van der Waals surface area contributed by atoms with E-state index in [4.69, 9.17) is 17.3 Å². The Morgan fingerprint density at radius 2 is 1.89 bits per heavy atom. The number of halogens is 2. The third kappa shape index (κ3) is 2.90. The zero-order chi connectivity index (χ0) is 14.1. The van der Waals surface area contributed by atoms with E-state index in [9.17, 15) is 9.18 Å². The highest BCUT2D eigenvalue weighted by molar-refractivity contribution is 6.30. The number of Topliss-reactive ketones (excluding diaryl/α,β-unsaturated/α-hetero) is 1. The summed E-state index contributed by atoms with van der Waals surface area (Å²) in [6.45, 7) is 7.13. The zero-order valence-corrected chi connectivity index (χ0v) is 11.9. The first-order valence-corrected chi connectivity index (χ1v) is 6.20. The Labute approximate surface area is 112 Å². The fourth-order valence-electron chi connectivity index (χ4n) is 1.44. The minimum atomic E-state index is -0.734. The van der Waals surface area contributed by atoms with Crippen LogP contribution in [0.5, 0.6) is 0 Å². The van der Waals surface area contributed by atoms with Gasteiger partial charge in [-0.05, 0) is 25.5 Å². The molecule has 0 spiro atoms. The molecule has 0 saturated carbocycles. The van der Waals surface area contributed by atoms with Gasteiger partial charge in [0.1, 0.15) is 11.6 Å². The maximum atomic E-state index is 13.7. The quantitative estimate of drug-likeness (QED) is 0.913. The van der Waals surface area contributed by atoms with Crippen molar-refractivity contribution in [2.45, 2.75) is 39.7 Å². The molecule has 2 nitrogen and oxygen atoms in total. The molecule has 2 N–H and O–H groups in total. The minimum Gasteiger partial charge on any atom is -0.325 e. The van der Waals surface area contributed by atoms with Crippen molar-refractivity contribution >= 4 is 17.4 Å². The summed E-state index contributed by atoms with van der Waals surface area (Å²) in [6.07, 6.45) is 0.0000231.